The Morgan fingerprint density at radius 1 is 1.22 bits per heavy atom. The molecule has 1 aromatic heterocycles. The van der Waals surface area contributed by atoms with Gasteiger partial charge < -0.3 is 9.64 Å². The van der Waals surface area contributed by atoms with Crippen LogP contribution in [0.4, 0.5) is 5.95 Å². The van der Waals surface area contributed by atoms with Gasteiger partial charge in [0.2, 0.25) is 21.9 Å². The molecule has 1 saturated carbocycles. The van der Waals surface area contributed by atoms with Gasteiger partial charge >= 0.3 is 0 Å². The first kappa shape index (κ1) is 16.4. The highest BCUT2D eigenvalue weighted by Gasteiger charge is 2.31. The van der Waals surface area contributed by atoms with E-state index in [0.29, 0.717) is 49.7 Å². The zero-order valence-electron chi connectivity index (χ0n) is 13.5. The Morgan fingerprint density at radius 3 is 2.57 bits per heavy atom. The molecule has 0 bridgehead atoms. The Morgan fingerprint density at radius 2 is 1.91 bits per heavy atom. The first-order chi connectivity index (χ1) is 11.1. The van der Waals surface area contributed by atoms with Crippen LogP contribution < -0.4 is 9.64 Å². The number of rotatable bonds is 5. The number of piperazine rings is 1. The van der Waals surface area contributed by atoms with Crippen molar-refractivity contribution in [1.29, 1.82) is 0 Å². The molecule has 0 spiro atoms. The van der Waals surface area contributed by atoms with E-state index >= 15 is 0 Å². The topological polar surface area (TPSA) is 75.6 Å². The highest BCUT2D eigenvalue weighted by Crippen LogP contribution is 2.27. The van der Waals surface area contributed by atoms with E-state index in [1.54, 1.807) is 23.7 Å². The molecule has 1 aliphatic carbocycles. The second kappa shape index (κ2) is 7.00. The predicted octanol–water partition coefficient (Wildman–Crippen LogP) is 1.13. The van der Waals surface area contributed by atoms with Crippen molar-refractivity contribution in [2.24, 2.45) is 5.92 Å². The lowest BCUT2D eigenvalue weighted by molar-refractivity contribution is 0.373. The van der Waals surface area contributed by atoms with Crippen molar-refractivity contribution in [1.82, 2.24) is 14.3 Å². The number of methoxy groups -OCH3 is 1. The van der Waals surface area contributed by atoms with Crippen LogP contribution in [0.3, 0.4) is 0 Å². The van der Waals surface area contributed by atoms with Gasteiger partial charge in [-0.2, -0.15) is 9.29 Å². The van der Waals surface area contributed by atoms with Crippen LogP contribution in [0, 0.1) is 5.92 Å². The molecular formula is C15H24N4O3S. The molecule has 0 atom stereocenters. The summed E-state index contributed by atoms with van der Waals surface area (Å²) in [6.07, 6.45) is 6.10. The molecule has 1 aliphatic heterocycles. The molecule has 1 saturated heterocycles. The van der Waals surface area contributed by atoms with Crippen molar-refractivity contribution in [3.05, 3.63) is 12.3 Å². The lowest BCUT2D eigenvalue weighted by atomic mass is 10.1. The monoisotopic (exact) mass is 340 g/mol. The number of hydrogen-bond acceptors (Lipinski definition) is 6. The van der Waals surface area contributed by atoms with Crippen LogP contribution in [-0.4, -0.2) is 61.7 Å². The van der Waals surface area contributed by atoms with Gasteiger partial charge in [-0.15, -0.1) is 0 Å². The maximum Gasteiger partial charge on any atom is 0.228 e. The van der Waals surface area contributed by atoms with E-state index in [-0.39, 0.29) is 0 Å². The molecule has 23 heavy (non-hydrogen) atoms. The number of anilines is 1. The van der Waals surface area contributed by atoms with Gasteiger partial charge in [0.25, 0.3) is 0 Å². The Hall–Kier alpha value is -1.41. The van der Waals surface area contributed by atoms with E-state index in [1.165, 1.54) is 12.8 Å². The molecule has 1 aromatic rings. The number of hydrogen-bond donors (Lipinski definition) is 0. The van der Waals surface area contributed by atoms with Crippen LogP contribution in [0.2, 0.25) is 0 Å². The first-order valence-corrected chi connectivity index (χ1v) is 9.79. The number of nitrogens with zero attached hydrogens (tertiary/aromatic N) is 4. The zero-order chi connectivity index (χ0) is 16.3. The summed E-state index contributed by atoms with van der Waals surface area (Å²) < 4.78 is 31.8. The average Bonchev–Trinajstić information content (AvgIpc) is 3.07. The maximum absolute atomic E-state index is 12.5. The van der Waals surface area contributed by atoms with Gasteiger partial charge in [-0.3, -0.25) is 0 Å². The molecule has 2 aliphatic rings. The highest BCUT2D eigenvalue weighted by atomic mass is 32.2. The van der Waals surface area contributed by atoms with Crippen molar-refractivity contribution in [3.8, 4) is 5.88 Å². The molecule has 2 heterocycles. The number of sulfonamides is 1. The highest BCUT2D eigenvalue weighted by molar-refractivity contribution is 7.89. The van der Waals surface area contributed by atoms with Crippen LogP contribution in [0.1, 0.15) is 25.7 Å². The molecule has 0 N–H and O–H groups in total. The molecule has 2 fully saturated rings. The molecular weight excluding hydrogens is 316 g/mol. The molecule has 0 unspecified atom stereocenters. The van der Waals surface area contributed by atoms with E-state index in [4.69, 9.17) is 4.74 Å². The fraction of sp³-hybridized carbons (Fsp3) is 0.733. The maximum atomic E-state index is 12.5. The van der Waals surface area contributed by atoms with Gasteiger partial charge in [0.1, 0.15) is 0 Å². The van der Waals surface area contributed by atoms with Crippen molar-refractivity contribution < 1.29 is 13.2 Å². The summed E-state index contributed by atoms with van der Waals surface area (Å²) in [4.78, 5) is 10.6. The fourth-order valence-corrected chi connectivity index (χ4v) is 5.20. The minimum absolute atomic E-state index is 0.308. The lowest BCUT2D eigenvalue weighted by Gasteiger charge is -2.34. The molecule has 3 rings (SSSR count). The van der Waals surface area contributed by atoms with Crippen molar-refractivity contribution >= 4 is 16.0 Å². The second-order valence-corrected chi connectivity index (χ2v) is 8.23. The van der Waals surface area contributed by atoms with E-state index < -0.39 is 10.0 Å². The zero-order valence-corrected chi connectivity index (χ0v) is 14.3. The predicted molar refractivity (Wildman–Crippen MR) is 88.1 cm³/mol. The molecule has 0 radical (unpaired) electrons. The Bertz CT molecular complexity index is 623. The summed E-state index contributed by atoms with van der Waals surface area (Å²) >= 11 is 0. The smallest absolute Gasteiger partial charge is 0.228 e. The van der Waals surface area contributed by atoms with Gasteiger partial charge in [-0.1, -0.05) is 12.8 Å². The third-order valence-corrected chi connectivity index (χ3v) is 6.71. The van der Waals surface area contributed by atoms with Gasteiger partial charge in [-0.05, 0) is 18.8 Å². The van der Waals surface area contributed by atoms with Crippen LogP contribution in [0.15, 0.2) is 12.3 Å². The molecule has 0 aromatic carbocycles. The SMILES string of the molecule is COc1ccnc(N2CCN(S(=O)(=O)CC3CCCC3)CC2)n1. The van der Waals surface area contributed by atoms with E-state index in [2.05, 4.69) is 9.97 Å². The second-order valence-electron chi connectivity index (χ2n) is 6.21. The third kappa shape index (κ3) is 3.92. The Balaban J connectivity index is 1.59. The first-order valence-electron chi connectivity index (χ1n) is 8.18. The summed E-state index contributed by atoms with van der Waals surface area (Å²) in [6, 6.07) is 1.70. The minimum atomic E-state index is -3.14. The summed E-state index contributed by atoms with van der Waals surface area (Å²) in [5, 5.41) is 0. The van der Waals surface area contributed by atoms with Gasteiger partial charge in [0.15, 0.2) is 0 Å². The van der Waals surface area contributed by atoms with Crippen LogP contribution in [0.25, 0.3) is 0 Å². The van der Waals surface area contributed by atoms with Crippen LogP contribution >= 0.6 is 0 Å². The molecule has 7 nitrogen and oxygen atoms in total. The summed E-state index contributed by atoms with van der Waals surface area (Å²) in [6.45, 7) is 2.21. The third-order valence-electron chi connectivity index (χ3n) is 4.66. The largest absolute Gasteiger partial charge is 0.481 e. The van der Waals surface area contributed by atoms with Crippen molar-refractivity contribution in [3.63, 3.8) is 0 Å². The van der Waals surface area contributed by atoms with Crippen LogP contribution in [0.5, 0.6) is 5.88 Å². The van der Waals surface area contributed by atoms with Gasteiger partial charge in [0.05, 0.1) is 12.9 Å². The van der Waals surface area contributed by atoms with Crippen molar-refractivity contribution in [2.75, 3.05) is 43.9 Å². The van der Waals surface area contributed by atoms with E-state index in [9.17, 15) is 8.42 Å². The van der Waals surface area contributed by atoms with Crippen molar-refractivity contribution in [2.45, 2.75) is 25.7 Å². The Kier molecular flexibility index (Phi) is 5.01. The minimum Gasteiger partial charge on any atom is -0.481 e. The summed E-state index contributed by atoms with van der Waals surface area (Å²) in [5.41, 5.74) is 0. The molecule has 128 valence electrons. The fourth-order valence-electron chi connectivity index (χ4n) is 3.35. The molecule has 0 amide bonds. The van der Waals surface area contributed by atoms with Gasteiger partial charge in [-0.25, -0.2) is 13.4 Å². The van der Waals surface area contributed by atoms with Gasteiger partial charge in [0, 0.05) is 38.4 Å². The normalized spacial score (nSPS) is 20.8. The Labute approximate surface area is 137 Å². The molecule has 8 heteroatoms. The van der Waals surface area contributed by atoms with Crippen LogP contribution in [-0.2, 0) is 10.0 Å². The average molecular weight is 340 g/mol. The summed E-state index contributed by atoms with van der Waals surface area (Å²) in [5.74, 6) is 1.77. The lowest BCUT2D eigenvalue weighted by Crippen LogP contribution is -2.50. The standard InChI is InChI=1S/C15H24N4O3S/c1-22-14-6-7-16-15(17-14)18-8-10-19(11-9-18)23(20,21)12-13-4-2-3-5-13/h6-7,13H,2-5,8-12H2,1H3. The quantitative estimate of drug-likeness (QED) is 0.800. The number of ether oxygens (including phenoxy) is 1. The number of aromatic nitrogens is 2. The summed E-state index contributed by atoms with van der Waals surface area (Å²) in [7, 11) is -1.57. The van der Waals surface area contributed by atoms with E-state index in [0.717, 1.165) is 12.8 Å². The van der Waals surface area contributed by atoms with E-state index in [1.807, 2.05) is 4.90 Å².